The molecule has 20 heavy (non-hydrogen) atoms. The number of hydrogen-bond donors (Lipinski definition) is 2. The number of aliphatic hydroxyl groups is 1. The molecule has 2 rings (SSSR count). The summed E-state index contributed by atoms with van der Waals surface area (Å²) in [4.78, 5) is 5.71. The molecule has 1 aliphatic heterocycles. The van der Waals surface area contributed by atoms with Crippen LogP contribution < -0.4 is 5.32 Å². The summed E-state index contributed by atoms with van der Waals surface area (Å²) in [7, 11) is 4.13. The molecule has 0 fully saturated rings. The molecular formula is C16H23N3O. The molecule has 0 saturated heterocycles. The second-order valence-electron chi connectivity index (χ2n) is 6.44. The zero-order valence-corrected chi connectivity index (χ0v) is 12.6. The number of nitrogens with one attached hydrogen (secondary N) is 1. The third-order valence-electron chi connectivity index (χ3n) is 4.29. The normalized spacial score (nSPS) is 22.1. The van der Waals surface area contributed by atoms with E-state index in [4.69, 9.17) is 6.57 Å². The highest BCUT2D eigenvalue weighted by Gasteiger charge is 2.36. The minimum absolute atomic E-state index is 0.153. The molecule has 0 spiro atoms. The zero-order chi connectivity index (χ0) is 14.9. The summed E-state index contributed by atoms with van der Waals surface area (Å²) < 4.78 is 0. The smallest absolute Gasteiger partial charge is 0.187 e. The molecule has 0 aliphatic carbocycles. The molecule has 1 aromatic carbocycles. The van der Waals surface area contributed by atoms with Crippen molar-refractivity contribution in [1.29, 1.82) is 0 Å². The van der Waals surface area contributed by atoms with Crippen LogP contribution in [-0.4, -0.2) is 36.8 Å². The lowest BCUT2D eigenvalue weighted by molar-refractivity contribution is 0.117. The Morgan fingerprint density at radius 2 is 2.15 bits per heavy atom. The second kappa shape index (κ2) is 5.43. The lowest BCUT2D eigenvalue weighted by Crippen LogP contribution is -2.44. The third-order valence-corrected chi connectivity index (χ3v) is 4.29. The van der Waals surface area contributed by atoms with E-state index in [9.17, 15) is 5.11 Å². The lowest BCUT2D eigenvalue weighted by atomic mass is 9.77. The highest BCUT2D eigenvalue weighted by molar-refractivity contribution is 5.63. The number of fused-ring (bicyclic) bond motifs is 1. The first-order valence-electron chi connectivity index (χ1n) is 6.94. The molecule has 2 unspecified atom stereocenters. The summed E-state index contributed by atoms with van der Waals surface area (Å²) in [5.74, 6) is 0. The van der Waals surface area contributed by atoms with Gasteiger partial charge in [0.05, 0.1) is 13.2 Å². The quantitative estimate of drug-likeness (QED) is 0.832. The molecule has 0 saturated carbocycles. The van der Waals surface area contributed by atoms with Crippen molar-refractivity contribution in [3.8, 4) is 0 Å². The van der Waals surface area contributed by atoms with Crippen molar-refractivity contribution in [2.75, 3.05) is 26.0 Å². The maximum absolute atomic E-state index is 9.61. The summed E-state index contributed by atoms with van der Waals surface area (Å²) >= 11 is 0. The summed E-state index contributed by atoms with van der Waals surface area (Å²) in [6.07, 6.45) is 0.926. The first kappa shape index (κ1) is 14.8. The molecule has 0 radical (unpaired) electrons. The van der Waals surface area contributed by atoms with Gasteiger partial charge < -0.3 is 15.3 Å². The average Bonchev–Trinajstić information content (AvgIpc) is 2.45. The Labute approximate surface area is 121 Å². The molecular weight excluding hydrogens is 250 g/mol. The van der Waals surface area contributed by atoms with Gasteiger partial charge in [0.15, 0.2) is 5.69 Å². The lowest BCUT2D eigenvalue weighted by Gasteiger charge is -2.43. The van der Waals surface area contributed by atoms with E-state index in [0.29, 0.717) is 5.69 Å². The first-order valence-corrected chi connectivity index (χ1v) is 6.94. The van der Waals surface area contributed by atoms with Crippen molar-refractivity contribution in [3.63, 3.8) is 0 Å². The Bertz CT molecular complexity index is 531. The van der Waals surface area contributed by atoms with Gasteiger partial charge in [-0.25, -0.2) is 4.85 Å². The predicted molar refractivity (Wildman–Crippen MR) is 82.0 cm³/mol. The number of anilines is 1. The Morgan fingerprint density at radius 1 is 1.45 bits per heavy atom. The largest absolute Gasteiger partial charge is 0.396 e. The van der Waals surface area contributed by atoms with Gasteiger partial charge in [0, 0.05) is 23.2 Å². The predicted octanol–water partition coefficient (Wildman–Crippen LogP) is 3.04. The van der Waals surface area contributed by atoms with Gasteiger partial charge >= 0.3 is 0 Å². The number of nitrogens with zero attached hydrogens (tertiary/aromatic N) is 2. The highest BCUT2D eigenvalue weighted by Crippen LogP contribution is 2.41. The zero-order valence-electron chi connectivity index (χ0n) is 12.6. The molecule has 2 N–H and O–H groups in total. The number of aliphatic hydroxyl groups excluding tert-OH is 1. The van der Waals surface area contributed by atoms with E-state index in [1.165, 1.54) is 5.56 Å². The summed E-state index contributed by atoms with van der Waals surface area (Å²) in [5, 5.41) is 13.1. The Balaban J connectivity index is 2.42. The molecule has 4 nitrogen and oxygen atoms in total. The van der Waals surface area contributed by atoms with Crippen LogP contribution >= 0.6 is 0 Å². The summed E-state index contributed by atoms with van der Waals surface area (Å²) in [6, 6.07) is 6.29. The molecule has 1 aromatic rings. The molecule has 0 amide bonds. The van der Waals surface area contributed by atoms with Gasteiger partial charge in [-0.2, -0.15) is 0 Å². The molecule has 4 heteroatoms. The molecule has 108 valence electrons. The van der Waals surface area contributed by atoms with Gasteiger partial charge in [0.25, 0.3) is 0 Å². The molecule has 1 heterocycles. The maximum Gasteiger partial charge on any atom is 0.187 e. The van der Waals surface area contributed by atoms with Crippen molar-refractivity contribution in [2.24, 2.45) is 5.41 Å². The van der Waals surface area contributed by atoms with E-state index >= 15 is 0 Å². The topological polar surface area (TPSA) is 39.9 Å². The van der Waals surface area contributed by atoms with Gasteiger partial charge in [-0.15, -0.1) is 0 Å². The van der Waals surface area contributed by atoms with Gasteiger partial charge in [0.2, 0.25) is 0 Å². The maximum atomic E-state index is 9.61. The fraction of sp³-hybridized carbons (Fsp3) is 0.562. The fourth-order valence-electron chi connectivity index (χ4n) is 2.74. The van der Waals surface area contributed by atoms with Crippen LogP contribution in [-0.2, 0) is 0 Å². The van der Waals surface area contributed by atoms with Crippen LogP contribution in [0.25, 0.3) is 4.85 Å². The van der Waals surface area contributed by atoms with Gasteiger partial charge in [0.1, 0.15) is 0 Å². The van der Waals surface area contributed by atoms with Crippen LogP contribution in [0.1, 0.15) is 31.9 Å². The summed E-state index contributed by atoms with van der Waals surface area (Å²) in [6.45, 7) is 11.5. The van der Waals surface area contributed by atoms with Crippen LogP contribution in [0.5, 0.6) is 0 Å². The van der Waals surface area contributed by atoms with E-state index in [1.807, 2.05) is 18.2 Å². The van der Waals surface area contributed by atoms with Gasteiger partial charge in [-0.3, -0.25) is 0 Å². The molecule has 0 aromatic heterocycles. The van der Waals surface area contributed by atoms with Crippen molar-refractivity contribution < 1.29 is 5.11 Å². The SMILES string of the molecule is [C-]#[N+]c1ccc2c(c1)C(N(C)C)CC(C(C)(C)CO)N2. The van der Waals surface area contributed by atoms with Crippen molar-refractivity contribution >= 4 is 11.4 Å². The standard InChI is InChI=1S/C16H23N3O/c1-16(2,10-20)15-9-14(19(4)5)12-8-11(17-3)6-7-13(12)18-15/h6-8,14-15,18,20H,9-10H2,1-2,4-5H3. The molecule has 1 aliphatic rings. The second-order valence-corrected chi connectivity index (χ2v) is 6.44. The average molecular weight is 273 g/mol. The molecule has 2 atom stereocenters. The molecule has 0 bridgehead atoms. The fourth-order valence-corrected chi connectivity index (χ4v) is 2.74. The first-order chi connectivity index (χ1) is 9.39. The van der Waals surface area contributed by atoms with Gasteiger partial charge in [-0.1, -0.05) is 19.9 Å². The van der Waals surface area contributed by atoms with E-state index < -0.39 is 0 Å². The third kappa shape index (κ3) is 2.65. The van der Waals surface area contributed by atoms with Crippen LogP contribution in [0.2, 0.25) is 0 Å². The summed E-state index contributed by atoms with van der Waals surface area (Å²) in [5.41, 5.74) is 2.75. The van der Waals surface area contributed by atoms with Crippen molar-refractivity contribution in [2.45, 2.75) is 32.4 Å². The number of benzene rings is 1. The van der Waals surface area contributed by atoms with Crippen LogP contribution in [0.3, 0.4) is 0 Å². The number of rotatable bonds is 3. The van der Waals surface area contributed by atoms with E-state index in [0.717, 1.165) is 12.1 Å². The van der Waals surface area contributed by atoms with E-state index in [1.54, 1.807) is 0 Å². The van der Waals surface area contributed by atoms with Crippen LogP contribution in [0.15, 0.2) is 18.2 Å². The Hall–Kier alpha value is -1.57. The van der Waals surface area contributed by atoms with E-state index in [2.05, 4.69) is 43.0 Å². The minimum atomic E-state index is -0.176. The minimum Gasteiger partial charge on any atom is -0.396 e. The highest BCUT2D eigenvalue weighted by atomic mass is 16.3. The Kier molecular flexibility index (Phi) is 4.03. The number of hydrogen-bond acceptors (Lipinski definition) is 3. The van der Waals surface area contributed by atoms with Crippen molar-refractivity contribution in [1.82, 2.24) is 4.90 Å². The monoisotopic (exact) mass is 273 g/mol. The van der Waals surface area contributed by atoms with Crippen molar-refractivity contribution in [3.05, 3.63) is 35.2 Å². The van der Waals surface area contributed by atoms with Gasteiger partial charge in [-0.05, 0) is 38.2 Å². The van der Waals surface area contributed by atoms with Crippen LogP contribution in [0.4, 0.5) is 11.4 Å². The Morgan fingerprint density at radius 3 is 2.70 bits per heavy atom. The van der Waals surface area contributed by atoms with Crippen LogP contribution in [0, 0.1) is 12.0 Å². The van der Waals surface area contributed by atoms with E-state index in [-0.39, 0.29) is 24.1 Å².